The second kappa shape index (κ2) is 8.79. The molecule has 0 saturated heterocycles. The van der Waals surface area contributed by atoms with Crippen LogP contribution in [-0.4, -0.2) is 32.2 Å². The van der Waals surface area contributed by atoms with E-state index >= 15 is 0 Å². The summed E-state index contributed by atoms with van der Waals surface area (Å²) in [5, 5.41) is 3.07. The normalized spacial score (nSPS) is 9.92. The van der Waals surface area contributed by atoms with E-state index < -0.39 is 18.5 Å². The maximum absolute atomic E-state index is 11.7. The van der Waals surface area contributed by atoms with Gasteiger partial charge in [-0.3, -0.25) is 4.79 Å². The quantitative estimate of drug-likeness (QED) is 0.778. The van der Waals surface area contributed by atoms with Crippen molar-refractivity contribution in [3.05, 3.63) is 53.6 Å². The molecule has 0 aromatic heterocycles. The maximum Gasteiger partial charge on any atom is 0.344 e. The second-order valence-electron chi connectivity index (χ2n) is 4.68. The van der Waals surface area contributed by atoms with Crippen LogP contribution in [0.2, 0.25) is 5.02 Å². The number of benzene rings is 2. The van der Waals surface area contributed by atoms with Gasteiger partial charge in [0, 0.05) is 10.7 Å². The molecule has 2 aromatic rings. The van der Waals surface area contributed by atoms with Crippen LogP contribution in [0.4, 0.5) is 5.69 Å². The van der Waals surface area contributed by atoms with Crippen molar-refractivity contribution < 1.29 is 23.8 Å². The van der Waals surface area contributed by atoms with Gasteiger partial charge in [0.25, 0.3) is 5.91 Å². The third kappa shape index (κ3) is 5.81. The molecule has 2 aromatic carbocycles. The molecule has 0 spiro atoms. The van der Waals surface area contributed by atoms with E-state index in [1.54, 1.807) is 55.6 Å². The van der Waals surface area contributed by atoms with Crippen LogP contribution in [0.1, 0.15) is 0 Å². The first-order valence-electron chi connectivity index (χ1n) is 7.05. The van der Waals surface area contributed by atoms with Gasteiger partial charge in [-0.15, -0.1) is 0 Å². The average molecular weight is 350 g/mol. The van der Waals surface area contributed by atoms with Crippen LogP contribution < -0.4 is 14.8 Å². The van der Waals surface area contributed by atoms with E-state index in [9.17, 15) is 9.59 Å². The Bertz CT molecular complexity index is 702. The van der Waals surface area contributed by atoms with Crippen molar-refractivity contribution in [2.24, 2.45) is 0 Å². The summed E-state index contributed by atoms with van der Waals surface area (Å²) in [7, 11) is 1.56. The number of amides is 1. The zero-order valence-corrected chi connectivity index (χ0v) is 13.7. The largest absolute Gasteiger partial charge is 0.497 e. The van der Waals surface area contributed by atoms with Crippen molar-refractivity contribution in [2.75, 3.05) is 25.6 Å². The molecule has 0 saturated carbocycles. The number of esters is 1. The Morgan fingerprint density at radius 1 is 1.04 bits per heavy atom. The number of hydrogen-bond acceptors (Lipinski definition) is 5. The topological polar surface area (TPSA) is 73.9 Å². The lowest BCUT2D eigenvalue weighted by Gasteiger charge is -2.08. The standard InChI is InChI=1S/C17H16ClNO5/c1-22-14-5-7-15(8-6-14)23-11-17(21)24-10-16(20)19-13-4-2-3-12(18)9-13/h2-9H,10-11H2,1H3,(H,19,20). The van der Waals surface area contributed by atoms with Crippen molar-refractivity contribution in [3.63, 3.8) is 0 Å². The van der Waals surface area contributed by atoms with Crippen LogP contribution in [0.3, 0.4) is 0 Å². The molecule has 0 aliphatic carbocycles. The minimum absolute atomic E-state index is 0.295. The van der Waals surface area contributed by atoms with Gasteiger partial charge in [-0.1, -0.05) is 17.7 Å². The average Bonchev–Trinajstić information content (AvgIpc) is 2.58. The summed E-state index contributed by atoms with van der Waals surface area (Å²) in [5.41, 5.74) is 0.526. The lowest BCUT2D eigenvalue weighted by molar-refractivity contribution is -0.149. The molecule has 0 unspecified atom stereocenters. The smallest absolute Gasteiger partial charge is 0.344 e. The minimum atomic E-state index is -0.646. The van der Waals surface area contributed by atoms with Crippen LogP contribution in [0, 0.1) is 0 Å². The van der Waals surface area contributed by atoms with Gasteiger partial charge in [0.05, 0.1) is 7.11 Å². The molecule has 0 atom stereocenters. The van der Waals surface area contributed by atoms with E-state index in [0.29, 0.717) is 22.2 Å². The highest BCUT2D eigenvalue weighted by Gasteiger charge is 2.09. The van der Waals surface area contributed by atoms with Gasteiger partial charge in [-0.05, 0) is 42.5 Å². The molecule has 6 nitrogen and oxygen atoms in total. The fraction of sp³-hybridized carbons (Fsp3) is 0.176. The lowest BCUT2D eigenvalue weighted by Crippen LogP contribution is -2.23. The number of rotatable bonds is 7. The van der Waals surface area contributed by atoms with E-state index in [-0.39, 0.29) is 6.61 Å². The van der Waals surface area contributed by atoms with Gasteiger partial charge in [0.2, 0.25) is 0 Å². The molecular formula is C17H16ClNO5. The second-order valence-corrected chi connectivity index (χ2v) is 5.12. The van der Waals surface area contributed by atoms with Crippen molar-refractivity contribution in [1.29, 1.82) is 0 Å². The van der Waals surface area contributed by atoms with Gasteiger partial charge in [0.1, 0.15) is 11.5 Å². The third-order valence-corrected chi connectivity index (χ3v) is 3.12. The summed E-state index contributed by atoms with van der Waals surface area (Å²) in [4.78, 5) is 23.3. The molecule has 126 valence electrons. The number of halogens is 1. The molecule has 0 aliphatic rings. The Hall–Kier alpha value is -2.73. The predicted octanol–water partition coefficient (Wildman–Crippen LogP) is 2.91. The Balaban J connectivity index is 1.71. The van der Waals surface area contributed by atoms with Crippen molar-refractivity contribution >= 4 is 29.2 Å². The summed E-state index contributed by atoms with van der Waals surface area (Å²) in [6, 6.07) is 13.4. The fourth-order valence-electron chi connectivity index (χ4n) is 1.77. The van der Waals surface area contributed by atoms with Crippen LogP contribution >= 0.6 is 11.6 Å². The van der Waals surface area contributed by atoms with Gasteiger partial charge >= 0.3 is 5.97 Å². The number of carbonyl (C=O) groups excluding carboxylic acids is 2. The van der Waals surface area contributed by atoms with Gasteiger partial charge < -0.3 is 19.5 Å². The van der Waals surface area contributed by atoms with Crippen molar-refractivity contribution in [3.8, 4) is 11.5 Å². The summed E-state index contributed by atoms with van der Waals surface area (Å²) < 4.78 is 15.1. The third-order valence-electron chi connectivity index (χ3n) is 2.89. The Morgan fingerprint density at radius 3 is 2.42 bits per heavy atom. The van der Waals surface area contributed by atoms with Gasteiger partial charge in [0.15, 0.2) is 13.2 Å². The summed E-state index contributed by atoms with van der Waals surface area (Å²) in [6.45, 7) is -0.700. The number of carbonyl (C=O) groups is 2. The first-order chi connectivity index (χ1) is 11.6. The molecule has 0 heterocycles. The summed E-state index contributed by atoms with van der Waals surface area (Å²) >= 11 is 5.81. The molecule has 1 N–H and O–H groups in total. The van der Waals surface area contributed by atoms with Crippen LogP contribution in [-0.2, 0) is 14.3 Å². The maximum atomic E-state index is 11.7. The number of anilines is 1. The molecule has 0 aliphatic heterocycles. The summed E-state index contributed by atoms with van der Waals surface area (Å²) in [6.07, 6.45) is 0. The summed E-state index contributed by atoms with van der Waals surface area (Å²) in [5.74, 6) is 0.0702. The fourth-order valence-corrected chi connectivity index (χ4v) is 1.96. The SMILES string of the molecule is COc1ccc(OCC(=O)OCC(=O)Nc2cccc(Cl)c2)cc1. The van der Waals surface area contributed by atoms with E-state index in [0.717, 1.165) is 0 Å². The number of methoxy groups -OCH3 is 1. The highest BCUT2D eigenvalue weighted by Crippen LogP contribution is 2.17. The van der Waals surface area contributed by atoms with E-state index in [4.69, 9.17) is 25.8 Å². The Kier molecular flexibility index (Phi) is 6.45. The predicted molar refractivity (Wildman–Crippen MR) is 89.5 cm³/mol. The molecule has 24 heavy (non-hydrogen) atoms. The zero-order chi connectivity index (χ0) is 17.4. The van der Waals surface area contributed by atoms with E-state index in [2.05, 4.69) is 5.32 Å². The first kappa shape index (κ1) is 17.6. The molecule has 2 rings (SSSR count). The number of nitrogens with one attached hydrogen (secondary N) is 1. The van der Waals surface area contributed by atoms with E-state index in [1.807, 2.05) is 0 Å². The van der Waals surface area contributed by atoms with Crippen molar-refractivity contribution in [2.45, 2.75) is 0 Å². The number of hydrogen-bond donors (Lipinski definition) is 1. The monoisotopic (exact) mass is 349 g/mol. The Morgan fingerprint density at radius 2 is 1.75 bits per heavy atom. The highest BCUT2D eigenvalue weighted by atomic mass is 35.5. The molecule has 0 bridgehead atoms. The first-order valence-corrected chi connectivity index (χ1v) is 7.42. The van der Waals surface area contributed by atoms with Gasteiger partial charge in [-0.2, -0.15) is 0 Å². The minimum Gasteiger partial charge on any atom is -0.497 e. The van der Waals surface area contributed by atoms with Crippen LogP contribution in [0.15, 0.2) is 48.5 Å². The number of ether oxygens (including phenoxy) is 3. The highest BCUT2D eigenvalue weighted by molar-refractivity contribution is 6.30. The molecule has 1 amide bonds. The molecular weight excluding hydrogens is 334 g/mol. The lowest BCUT2D eigenvalue weighted by atomic mass is 10.3. The van der Waals surface area contributed by atoms with Crippen molar-refractivity contribution in [1.82, 2.24) is 0 Å². The molecule has 0 radical (unpaired) electrons. The zero-order valence-electron chi connectivity index (χ0n) is 13.0. The molecule has 0 fully saturated rings. The Labute approximate surface area is 144 Å². The van der Waals surface area contributed by atoms with Crippen LogP contribution in [0.25, 0.3) is 0 Å². The molecule has 7 heteroatoms. The van der Waals surface area contributed by atoms with E-state index in [1.165, 1.54) is 0 Å². The van der Waals surface area contributed by atoms with Crippen LogP contribution in [0.5, 0.6) is 11.5 Å². The van der Waals surface area contributed by atoms with Gasteiger partial charge in [-0.25, -0.2) is 4.79 Å².